The molecule has 0 atom stereocenters. The summed E-state index contributed by atoms with van der Waals surface area (Å²) in [5.74, 6) is -0.683. The number of hydrogen-bond acceptors (Lipinski definition) is 5. The van der Waals surface area contributed by atoms with Crippen LogP contribution in [0.1, 0.15) is 10.7 Å². The predicted molar refractivity (Wildman–Crippen MR) is 56.5 cm³/mol. The Morgan fingerprint density at radius 1 is 1.19 bits per heavy atom. The molecule has 0 fully saturated rings. The highest BCUT2D eigenvalue weighted by molar-refractivity contribution is 6.29. The van der Waals surface area contributed by atoms with E-state index in [2.05, 4.69) is 20.3 Å². The van der Waals surface area contributed by atoms with Crippen molar-refractivity contribution >= 4 is 34.8 Å². The third kappa shape index (κ3) is 2.47. The molecule has 0 bridgehead atoms. The molecule has 16 heavy (non-hydrogen) atoms. The Kier molecular flexibility index (Phi) is 3.02. The Hall–Kier alpha value is -1.66. The number of amides is 1. The molecule has 0 unspecified atom stereocenters. The molecule has 0 aliphatic carbocycles. The van der Waals surface area contributed by atoms with E-state index in [0.717, 1.165) is 0 Å². The van der Waals surface area contributed by atoms with E-state index in [1.807, 2.05) is 0 Å². The van der Waals surface area contributed by atoms with Crippen molar-refractivity contribution in [3.8, 4) is 0 Å². The number of halogens is 2. The summed E-state index contributed by atoms with van der Waals surface area (Å²) < 4.78 is 4.82. The summed E-state index contributed by atoms with van der Waals surface area (Å²) in [6, 6.07) is 0. The van der Waals surface area contributed by atoms with Crippen LogP contribution >= 0.6 is 23.2 Å². The molecule has 0 aromatic carbocycles. The maximum atomic E-state index is 11.5. The van der Waals surface area contributed by atoms with Crippen molar-refractivity contribution in [2.24, 2.45) is 0 Å². The minimum atomic E-state index is -0.544. The second-order valence-corrected chi connectivity index (χ2v) is 3.38. The first-order valence-electron chi connectivity index (χ1n) is 4.05. The summed E-state index contributed by atoms with van der Waals surface area (Å²) in [6.45, 7) is 0. The molecular formula is C8H4Cl2N4O2. The standard InChI is InChI=1S/C8H4Cl2N4O2/c9-5-3-11-7(16-5)6(15)14-4-1-12-8(10)13-2-4/h1-3H,(H,14,15). The highest BCUT2D eigenvalue weighted by Crippen LogP contribution is 2.12. The fourth-order valence-corrected chi connectivity index (χ4v) is 1.14. The molecule has 6 nitrogen and oxygen atoms in total. The average molecular weight is 259 g/mol. The van der Waals surface area contributed by atoms with Crippen molar-refractivity contribution in [2.75, 3.05) is 5.32 Å². The number of hydrogen-bond donors (Lipinski definition) is 1. The second kappa shape index (κ2) is 4.46. The molecule has 2 aromatic heterocycles. The number of carbonyl (C=O) groups excluding carboxylic acids is 1. The molecule has 2 heterocycles. The van der Waals surface area contributed by atoms with Crippen LogP contribution in [0.2, 0.25) is 10.5 Å². The van der Waals surface area contributed by atoms with Crippen LogP contribution in [0.5, 0.6) is 0 Å². The van der Waals surface area contributed by atoms with Gasteiger partial charge in [0, 0.05) is 0 Å². The van der Waals surface area contributed by atoms with Crippen molar-refractivity contribution in [3.63, 3.8) is 0 Å². The molecule has 0 spiro atoms. The monoisotopic (exact) mass is 258 g/mol. The van der Waals surface area contributed by atoms with E-state index < -0.39 is 5.91 Å². The van der Waals surface area contributed by atoms with Crippen molar-refractivity contribution in [2.45, 2.75) is 0 Å². The van der Waals surface area contributed by atoms with Gasteiger partial charge in [-0.1, -0.05) is 0 Å². The molecule has 0 radical (unpaired) electrons. The van der Waals surface area contributed by atoms with Gasteiger partial charge in [-0.05, 0) is 23.2 Å². The van der Waals surface area contributed by atoms with E-state index in [-0.39, 0.29) is 16.4 Å². The zero-order valence-electron chi connectivity index (χ0n) is 7.65. The fourth-order valence-electron chi connectivity index (χ4n) is 0.921. The Bertz CT molecular complexity index is 511. The number of nitrogens with one attached hydrogen (secondary N) is 1. The third-order valence-corrected chi connectivity index (χ3v) is 1.92. The van der Waals surface area contributed by atoms with Crippen LogP contribution in [-0.2, 0) is 0 Å². The molecule has 1 N–H and O–H groups in total. The van der Waals surface area contributed by atoms with Crippen molar-refractivity contribution in [3.05, 3.63) is 35.0 Å². The highest BCUT2D eigenvalue weighted by Gasteiger charge is 2.12. The first-order chi connectivity index (χ1) is 7.65. The summed E-state index contributed by atoms with van der Waals surface area (Å²) in [5.41, 5.74) is 0.378. The van der Waals surface area contributed by atoms with Gasteiger partial charge in [0.2, 0.25) is 10.5 Å². The van der Waals surface area contributed by atoms with Gasteiger partial charge in [0.1, 0.15) is 0 Å². The molecule has 2 aromatic rings. The highest BCUT2D eigenvalue weighted by atomic mass is 35.5. The van der Waals surface area contributed by atoms with Crippen LogP contribution in [0.15, 0.2) is 23.0 Å². The molecule has 0 aliphatic rings. The Balaban J connectivity index is 2.10. The molecule has 82 valence electrons. The van der Waals surface area contributed by atoms with E-state index in [4.69, 9.17) is 27.6 Å². The zero-order valence-corrected chi connectivity index (χ0v) is 9.16. The largest absolute Gasteiger partial charge is 0.420 e. The van der Waals surface area contributed by atoms with Crippen LogP contribution in [0.25, 0.3) is 0 Å². The number of oxazole rings is 1. The Morgan fingerprint density at radius 2 is 1.88 bits per heavy atom. The summed E-state index contributed by atoms with van der Waals surface area (Å²) >= 11 is 11.0. The van der Waals surface area contributed by atoms with Gasteiger partial charge in [-0.3, -0.25) is 4.79 Å². The normalized spacial score (nSPS) is 10.1. The quantitative estimate of drug-likeness (QED) is 0.834. The number of aromatic nitrogens is 3. The smallest absolute Gasteiger partial charge is 0.311 e. The van der Waals surface area contributed by atoms with Crippen molar-refractivity contribution in [1.29, 1.82) is 0 Å². The van der Waals surface area contributed by atoms with Gasteiger partial charge < -0.3 is 9.73 Å². The van der Waals surface area contributed by atoms with Crippen LogP contribution in [0, 0.1) is 0 Å². The fraction of sp³-hybridized carbons (Fsp3) is 0. The minimum Gasteiger partial charge on any atom is -0.420 e. The van der Waals surface area contributed by atoms with Gasteiger partial charge in [0.25, 0.3) is 5.89 Å². The molecule has 0 saturated heterocycles. The van der Waals surface area contributed by atoms with Gasteiger partial charge in [-0.2, -0.15) is 0 Å². The van der Waals surface area contributed by atoms with E-state index in [1.54, 1.807) is 0 Å². The molecule has 1 amide bonds. The minimum absolute atomic E-state index is 0.0394. The topological polar surface area (TPSA) is 80.9 Å². The molecule has 0 saturated carbocycles. The number of nitrogens with zero attached hydrogens (tertiary/aromatic N) is 3. The maximum Gasteiger partial charge on any atom is 0.311 e. The van der Waals surface area contributed by atoms with Gasteiger partial charge >= 0.3 is 5.91 Å². The molecule has 2 rings (SSSR count). The van der Waals surface area contributed by atoms with Gasteiger partial charge in [0.15, 0.2) is 0 Å². The summed E-state index contributed by atoms with van der Waals surface area (Å²) in [4.78, 5) is 22.5. The van der Waals surface area contributed by atoms with Gasteiger partial charge in [0.05, 0.1) is 24.3 Å². The summed E-state index contributed by atoms with van der Waals surface area (Å²) in [5, 5.41) is 2.60. The summed E-state index contributed by atoms with van der Waals surface area (Å²) in [7, 11) is 0. The van der Waals surface area contributed by atoms with Gasteiger partial charge in [-0.15, -0.1) is 0 Å². The van der Waals surface area contributed by atoms with E-state index in [0.29, 0.717) is 5.69 Å². The molecule has 8 heteroatoms. The summed E-state index contributed by atoms with van der Waals surface area (Å²) in [6.07, 6.45) is 3.95. The Morgan fingerprint density at radius 3 is 2.44 bits per heavy atom. The van der Waals surface area contributed by atoms with Crippen molar-refractivity contribution in [1.82, 2.24) is 15.0 Å². The SMILES string of the molecule is O=C(Nc1cnc(Cl)nc1)c1ncc(Cl)o1. The van der Waals surface area contributed by atoms with E-state index >= 15 is 0 Å². The van der Waals surface area contributed by atoms with Crippen molar-refractivity contribution < 1.29 is 9.21 Å². The average Bonchev–Trinajstić information content (AvgIpc) is 2.68. The van der Waals surface area contributed by atoms with Crippen LogP contribution in [0.3, 0.4) is 0 Å². The Labute approximate surface area is 99.6 Å². The third-order valence-electron chi connectivity index (χ3n) is 1.55. The number of carbonyl (C=O) groups is 1. The predicted octanol–water partition coefficient (Wildman–Crippen LogP) is 2.02. The van der Waals surface area contributed by atoms with Gasteiger partial charge in [-0.25, -0.2) is 15.0 Å². The zero-order chi connectivity index (χ0) is 11.5. The number of rotatable bonds is 2. The van der Waals surface area contributed by atoms with E-state index in [1.165, 1.54) is 18.6 Å². The molecular weight excluding hydrogens is 255 g/mol. The lowest BCUT2D eigenvalue weighted by Crippen LogP contribution is -2.12. The maximum absolute atomic E-state index is 11.5. The first kappa shape index (κ1) is 10.8. The van der Waals surface area contributed by atoms with E-state index in [9.17, 15) is 4.79 Å². The lowest BCUT2D eigenvalue weighted by atomic mass is 10.5. The van der Waals surface area contributed by atoms with Crippen LogP contribution in [-0.4, -0.2) is 20.9 Å². The second-order valence-electron chi connectivity index (χ2n) is 2.66. The van der Waals surface area contributed by atoms with Crippen LogP contribution < -0.4 is 5.32 Å². The lowest BCUT2D eigenvalue weighted by molar-refractivity contribution is 0.0990. The van der Waals surface area contributed by atoms with Crippen LogP contribution in [0.4, 0.5) is 5.69 Å². The number of anilines is 1. The lowest BCUT2D eigenvalue weighted by Gasteiger charge is -2.00. The molecule has 0 aliphatic heterocycles. The first-order valence-corrected chi connectivity index (χ1v) is 4.81.